The molecule has 120 valence electrons. The van der Waals surface area contributed by atoms with Gasteiger partial charge in [0.15, 0.2) is 0 Å². The molecule has 2 aromatic carbocycles. The summed E-state index contributed by atoms with van der Waals surface area (Å²) >= 11 is 3.44. The minimum Gasteiger partial charge on any atom is -0.478 e. The van der Waals surface area contributed by atoms with Gasteiger partial charge in [0.25, 0.3) is 0 Å². The van der Waals surface area contributed by atoms with Gasteiger partial charge in [0, 0.05) is 24.1 Å². The van der Waals surface area contributed by atoms with Gasteiger partial charge in [-0.2, -0.15) is 0 Å². The highest BCUT2D eigenvalue weighted by atomic mass is 79.9. The van der Waals surface area contributed by atoms with Crippen molar-refractivity contribution >= 4 is 21.9 Å². The van der Waals surface area contributed by atoms with E-state index in [-0.39, 0.29) is 6.10 Å². The third-order valence-corrected chi connectivity index (χ3v) is 4.50. The molecule has 0 aliphatic carbocycles. The average Bonchev–Trinajstić information content (AvgIpc) is 2.56. The van der Waals surface area contributed by atoms with E-state index in [2.05, 4.69) is 33.0 Å². The summed E-state index contributed by atoms with van der Waals surface area (Å²) in [6.07, 6.45) is 0.0551. The first-order valence-corrected chi connectivity index (χ1v) is 8.33. The highest BCUT2D eigenvalue weighted by Gasteiger charge is 2.22. The minimum absolute atomic E-state index is 0.0551. The van der Waals surface area contributed by atoms with E-state index in [1.165, 1.54) is 0 Å². The number of rotatable bonds is 4. The summed E-state index contributed by atoms with van der Waals surface area (Å²) in [5.41, 5.74) is 2.51. The van der Waals surface area contributed by atoms with E-state index in [1.54, 1.807) is 18.2 Å². The van der Waals surface area contributed by atoms with E-state index in [4.69, 9.17) is 9.84 Å². The van der Waals surface area contributed by atoms with Crippen molar-refractivity contribution in [2.24, 2.45) is 0 Å². The first-order chi connectivity index (χ1) is 11.1. The fraction of sp³-hybridized carbons (Fsp3) is 0.278. The number of halogens is 1. The lowest BCUT2D eigenvalue weighted by Crippen LogP contribution is -2.37. The van der Waals surface area contributed by atoms with Crippen LogP contribution in [0.15, 0.2) is 53.0 Å². The number of carbonyl (C=O) groups is 1. The number of carboxylic acid groups (broad SMARTS) is 1. The molecule has 3 rings (SSSR count). The Morgan fingerprint density at radius 1 is 1.26 bits per heavy atom. The molecule has 0 spiro atoms. The summed E-state index contributed by atoms with van der Waals surface area (Å²) in [5, 5.41) is 9.09. The number of morpholine rings is 1. The molecule has 1 fully saturated rings. The van der Waals surface area contributed by atoms with E-state index in [0.717, 1.165) is 35.2 Å². The highest BCUT2D eigenvalue weighted by molar-refractivity contribution is 9.10. The van der Waals surface area contributed by atoms with Crippen LogP contribution in [0.2, 0.25) is 0 Å². The van der Waals surface area contributed by atoms with Crippen molar-refractivity contribution in [3.63, 3.8) is 0 Å². The number of benzene rings is 2. The summed E-state index contributed by atoms with van der Waals surface area (Å²) in [5.74, 6) is -0.887. The minimum atomic E-state index is -0.887. The van der Waals surface area contributed by atoms with Crippen LogP contribution in [-0.4, -0.2) is 35.7 Å². The predicted molar refractivity (Wildman–Crippen MR) is 91.5 cm³/mol. The Kier molecular flexibility index (Phi) is 5.10. The second kappa shape index (κ2) is 7.25. The molecule has 0 bridgehead atoms. The molecule has 4 nitrogen and oxygen atoms in total. The molecule has 1 heterocycles. The molecule has 2 aromatic rings. The van der Waals surface area contributed by atoms with Crippen LogP contribution in [0.5, 0.6) is 0 Å². The van der Waals surface area contributed by atoms with E-state index >= 15 is 0 Å². The normalized spacial score (nSPS) is 18.7. The molecule has 0 aromatic heterocycles. The third kappa shape index (κ3) is 4.19. The monoisotopic (exact) mass is 375 g/mol. The van der Waals surface area contributed by atoms with Gasteiger partial charge in [0.05, 0.1) is 18.3 Å². The summed E-state index contributed by atoms with van der Waals surface area (Å²) < 4.78 is 6.94. The first-order valence-electron chi connectivity index (χ1n) is 7.53. The summed E-state index contributed by atoms with van der Waals surface area (Å²) in [6.45, 7) is 3.07. The van der Waals surface area contributed by atoms with Crippen molar-refractivity contribution in [3.05, 3.63) is 69.7 Å². The fourth-order valence-corrected chi connectivity index (χ4v) is 3.05. The second-order valence-electron chi connectivity index (χ2n) is 5.65. The zero-order valence-corrected chi connectivity index (χ0v) is 14.2. The van der Waals surface area contributed by atoms with Gasteiger partial charge in [-0.3, -0.25) is 4.90 Å². The van der Waals surface area contributed by atoms with Gasteiger partial charge in [0.1, 0.15) is 0 Å². The molecule has 0 saturated carbocycles. The SMILES string of the molecule is O=C(O)c1cccc(CN2CCOC(c3ccc(Br)cc3)C2)c1. The van der Waals surface area contributed by atoms with Crippen LogP contribution in [0, 0.1) is 0 Å². The molecule has 1 atom stereocenters. The van der Waals surface area contributed by atoms with Crippen molar-refractivity contribution in [2.45, 2.75) is 12.6 Å². The molecule has 1 unspecified atom stereocenters. The molecule has 5 heteroatoms. The average molecular weight is 376 g/mol. The Labute approximate surface area is 143 Å². The van der Waals surface area contributed by atoms with Gasteiger partial charge < -0.3 is 9.84 Å². The van der Waals surface area contributed by atoms with Crippen molar-refractivity contribution in [3.8, 4) is 0 Å². The highest BCUT2D eigenvalue weighted by Crippen LogP contribution is 2.24. The van der Waals surface area contributed by atoms with Crippen molar-refractivity contribution < 1.29 is 14.6 Å². The Balaban J connectivity index is 1.68. The van der Waals surface area contributed by atoms with Gasteiger partial charge in [-0.25, -0.2) is 4.79 Å². The summed E-state index contributed by atoms with van der Waals surface area (Å²) in [6, 6.07) is 15.3. The van der Waals surface area contributed by atoms with Crippen molar-refractivity contribution in [1.82, 2.24) is 4.90 Å². The molecule has 0 amide bonds. The van der Waals surface area contributed by atoms with Crippen LogP contribution in [0.25, 0.3) is 0 Å². The summed E-state index contributed by atoms with van der Waals surface area (Å²) in [7, 11) is 0. The second-order valence-corrected chi connectivity index (χ2v) is 6.57. The zero-order chi connectivity index (χ0) is 16.2. The van der Waals surface area contributed by atoms with Crippen LogP contribution in [0.3, 0.4) is 0 Å². The van der Waals surface area contributed by atoms with Crippen molar-refractivity contribution in [2.75, 3.05) is 19.7 Å². The molecule has 1 saturated heterocycles. The van der Waals surface area contributed by atoms with Gasteiger partial charge in [0.2, 0.25) is 0 Å². The lowest BCUT2D eigenvalue weighted by molar-refractivity contribution is -0.0329. The zero-order valence-electron chi connectivity index (χ0n) is 12.6. The number of aromatic carboxylic acids is 1. The van der Waals surface area contributed by atoms with Gasteiger partial charge in [-0.1, -0.05) is 40.2 Å². The largest absolute Gasteiger partial charge is 0.478 e. The Morgan fingerprint density at radius 2 is 2.04 bits per heavy atom. The fourth-order valence-electron chi connectivity index (χ4n) is 2.79. The molecule has 1 aliphatic heterocycles. The summed E-state index contributed by atoms with van der Waals surface area (Å²) in [4.78, 5) is 13.4. The Bertz CT molecular complexity index is 687. The van der Waals surface area contributed by atoms with Crippen LogP contribution in [-0.2, 0) is 11.3 Å². The van der Waals surface area contributed by atoms with E-state index in [9.17, 15) is 4.79 Å². The standard InChI is InChI=1S/C18H18BrNO3/c19-16-6-4-14(5-7-16)17-12-20(8-9-23-17)11-13-2-1-3-15(10-13)18(21)22/h1-7,10,17H,8-9,11-12H2,(H,21,22). The smallest absolute Gasteiger partial charge is 0.335 e. The Morgan fingerprint density at radius 3 is 2.78 bits per heavy atom. The maximum atomic E-state index is 11.1. The number of carboxylic acids is 1. The molecular formula is C18H18BrNO3. The third-order valence-electron chi connectivity index (χ3n) is 3.97. The topological polar surface area (TPSA) is 49.8 Å². The maximum Gasteiger partial charge on any atom is 0.335 e. The quantitative estimate of drug-likeness (QED) is 0.884. The van der Waals surface area contributed by atoms with Crippen molar-refractivity contribution in [1.29, 1.82) is 0 Å². The lowest BCUT2D eigenvalue weighted by Gasteiger charge is -2.33. The van der Waals surface area contributed by atoms with Gasteiger partial charge >= 0.3 is 5.97 Å². The molecular weight excluding hydrogens is 358 g/mol. The van der Waals surface area contributed by atoms with E-state index in [1.807, 2.05) is 18.2 Å². The molecule has 0 radical (unpaired) electrons. The van der Waals surface area contributed by atoms with E-state index < -0.39 is 5.97 Å². The van der Waals surface area contributed by atoms with Gasteiger partial charge in [-0.15, -0.1) is 0 Å². The predicted octanol–water partition coefficient (Wildman–Crippen LogP) is 3.72. The van der Waals surface area contributed by atoms with Crippen LogP contribution in [0.4, 0.5) is 0 Å². The number of hydrogen-bond donors (Lipinski definition) is 1. The molecule has 1 aliphatic rings. The van der Waals surface area contributed by atoms with Crippen LogP contribution < -0.4 is 0 Å². The first kappa shape index (κ1) is 16.2. The van der Waals surface area contributed by atoms with Crippen LogP contribution >= 0.6 is 15.9 Å². The van der Waals surface area contributed by atoms with E-state index in [0.29, 0.717) is 12.2 Å². The number of hydrogen-bond acceptors (Lipinski definition) is 3. The lowest BCUT2D eigenvalue weighted by atomic mass is 10.1. The van der Waals surface area contributed by atoms with Gasteiger partial charge in [-0.05, 0) is 35.4 Å². The maximum absolute atomic E-state index is 11.1. The molecule has 1 N–H and O–H groups in total. The number of nitrogens with zero attached hydrogens (tertiary/aromatic N) is 1. The van der Waals surface area contributed by atoms with Crippen LogP contribution in [0.1, 0.15) is 27.6 Å². The molecule has 23 heavy (non-hydrogen) atoms. The Hall–Kier alpha value is -1.69. The number of ether oxygens (including phenoxy) is 1.